The quantitative estimate of drug-likeness (QED) is 0.701. The first kappa shape index (κ1) is 14.5. The Hall–Kier alpha value is -2.44. The zero-order valence-electron chi connectivity index (χ0n) is 10.9. The van der Waals surface area contributed by atoms with Gasteiger partial charge in [0.1, 0.15) is 5.65 Å². The van der Waals surface area contributed by atoms with Crippen molar-refractivity contribution in [2.45, 2.75) is 0 Å². The molecule has 0 saturated heterocycles. The molecule has 0 bridgehead atoms. The maximum absolute atomic E-state index is 11.3. The summed E-state index contributed by atoms with van der Waals surface area (Å²) in [5.74, 6) is -1.11. The summed E-state index contributed by atoms with van der Waals surface area (Å²) in [5.41, 5.74) is 0.718. The smallest absolute Gasteiger partial charge is 0.358 e. The maximum atomic E-state index is 11.3. The molecule has 0 unspecified atom stereocenters. The molecule has 3 aromatic rings. The highest BCUT2D eigenvalue weighted by atomic mass is 35.5. The van der Waals surface area contributed by atoms with Crippen molar-refractivity contribution in [2.24, 2.45) is 10.2 Å². The molecule has 0 fully saturated rings. The summed E-state index contributed by atoms with van der Waals surface area (Å²) in [7, 11) is 0. The van der Waals surface area contributed by atoms with E-state index >= 15 is 0 Å². The van der Waals surface area contributed by atoms with Gasteiger partial charge in [-0.1, -0.05) is 29.3 Å². The molecule has 1 N–H and O–H groups in total. The van der Waals surface area contributed by atoms with Crippen LogP contribution in [0.25, 0.3) is 5.65 Å². The van der Waals surface area contributed by atoms with E-state index in [1.165, 1.54) is 10.6 Å². The van der Waals surface area contributed by atoms with E-state index in [9.17, 15) is 9.90 Å². The minimum absolute atomic E-state index is 0.0879. The number of halogens is 2. The lowest BCUT2D eigenvalue weighted by molar-refractivity contribution is 0.0692. The van der Waals surface area contributed by atoms with Gasteiger partial charge >= 0.3 is 5.97 Å². The number of nitrogens with zero attached hydrogens (tertiary/aromatic N) is 4. The number of hydrogen-bond donors (Lipinski definition) is 1. The Bertz CT molecular complexity index is 905. The van der Waals surface area contributed by atoms with Crippen LogP contribution in [0.3, 0.4) is 0 Å². The summed E-state index contributed by atoms with van der Waals surface area (Å²) < 4.78 is 1.47. The molecular formula is C14H8Cl2N4O2. The minimum Gasteiger partial charge on any atom is -0.476 e. The first-order valence-electron chi connectivity index (χ1n) is 6.13. The van der Waals surface area contributed by atoms with Crippen molar-refractivity contribution >= 4 is 46.3 Å². The molecule has 0 aliphatic rings. The second kappa shape index (κ2) is 5.75. The molecule has 8 heteroatoms. The zero-order valence-corrected chi connectivity index (χ0v) is 12.5. The number of hydrogen-bond acceptors (Lipinski definition) is 4. The third-order valence-corrected chi connectivity index (χ3v) is 3.29. The molecule has 6 nitrogen and oxygen atoms in total. The van der Waals surface area contributed by atoms with E-state index < -0.39 is 5.97 Å². The van der Waals surface area contributed by atoms with Crippen LogP contribution in [-0.4, -0.2) is 20.5 Å². The van der Waals surface area contributed by atoms with E-state index in [0.717, 1.165) is 0 Å². The van der Waals surface area contributed by atoms with Crippen molar-refractivity contribution in [1.82, 2.24) is 9.38 Å². The molecular weight excluding hydrogens is 327 g/mol. The van der Waals surface area contributed by atoms with Gasteiger partial charge in [0.15, 0.2) is 11.5 Å². The summed E-state index contributed by atoms with van der Waals surface area (Å²) in [6.07, 6.45) is 1.53. The summed E-state index contributed by atoms with van der Waals surface area (Å²) in [6.45, 7) is 0. The minimum atomic E-state index is -1.19. The van der Waals surface area contributed by atoms with Crippen LogP contribution in [0.15, 0.2) is 52.8 Å². The van der Waals surface area contributed by atoms with Crippen molar-refractivity contribution in [3.05, 3.63) is 58.3 Å². The van der Waals surface area contributed by atoms with Crippen LogP contribution in [0.1, 0.15) is 10.5 Å². The topological polar surface area (TPSA) is 79.3 Å². The van der Waals surface area contributed by atoms with E-state index in [4.69, 9.17) is 23.2 Å². The molecule has 0 spiro atoms. The Kier molecular flexibility index (Phi) is 3.79. The Morgan fingerprint density at radius 3 is 2.68 bits per heavy atom. The highest BCUT2D eigenvalue weighted by Crippen LogP contribution is 2.26. The average molecular weight is 335 g/mol. The van der Waals surface area contributed by atoms with Crippen molar-refractivity contribution in [3.8, 4) is 0 Å². The van der Waals surface area contributed by atoms with Gasteiger partial charge in [-0.2, -0.15) is 0 Å². The first-order valence-corrected chi connectivity index (χ1v) is 6.88. The number of benzene rings is 1. The zero-order chi connectivity index (χ0) is 15.7. The summed E-state index contributed by atoms with van der Waals surface area (Å²) >= 11 is 11.8. The number of carbonyl (C=O) groups is 1. The van der Waals surface area contributed by atoms with Gasteiger partial charge in [-0.05, 0) is 30.3 Å². The van der Waals surface area contributed by atoms with Gasteiger partial charge < -0.3 is 5.11 Å². The highest BCUT2D eigenvalue weighted by molar-refractivity contribution is 6.31. The molecule has 0 aliphatic heterocycles. The molecule has 3 rings (SSSR count). The Labute approximate surface area is 134 Å². The molecule has 2 aromatic heterocycles. The largest absolute Gasteiger partial charge is 0.476 e. The second-order valence-corrected chi connectivity index (χ2v) is 5.22. The first-order chi connectivity index (χ1) is 10.5. The summed E-state index contributed by atoms with van der Waals surface area (Å²) in [4.78, 5) is 15.3. The maximum Gasteiger partial charge on any atom is 0.358 e. The fraction of sp³-hybridized carbons (Fsp3) is 0. The molecule has 0 atom stereocenters. The normalized spacial score (nSPS) is 11.4. The van der Waals surface area contributed by atoms with Gasteiger partial charge in [0, 0.05) is 11.2 Å². The van der Waals surface area contributed by atoms with Gasteiger partial charge in [0.05, 0.1) is 10.7 Å². The van der Waals surface area contributed by atoms with E-state index in [2.05, 4.69) is 15.2 Å². The SMILES string of the molecule is O=C(O)c1nc2ccc(Cl)cn2c1N=Nc1cccc(Cl)c1. The van der Waals surface area contributed by atoms with Gasteiger partial charge in [-0.3, -0.25) is 4.40 Å². The number of aromatic carboxylic acids is 1. The number of aromatic nitrogens is 2. The molecule has 2 heterocycles. The van der Waals surface area contributed by atoms with Crippen molar-refractivity contribution < 1.29 is 9.90 Å². The lowest BCUT2D eigenvalue weighted by Crippen LogP contribution is -1.96. The van der Waals surface area contributed by atoms with Crippen LogP contribution in [0.4, 0.5) is 11.5 Å². The number of pyridine rings is 1. The lowest BCUT2D eigenvalue weighted by Gasteiger charge is -1.97. The van der Waals surface area contributed by atoms with E-state index in [1.54, 1.807) is 36.4 Å². The lowest BCUT2D eigenvalue weighted by atomic mass is 10.3. The van der Waals surface area contributed by atoms with Crippen LogP contribution >= 0.6 is 23.2 Å². The predicted molar refractivity (Wildman–Crippen MR) is 82.8 cm³/mol. The third kappa shape index (κ3) is 2.79. The second-order valence-electron chi connectivity index (χ2n) is 4.34. The van der Waals surface area contributed by atoms with Crippen LogP contribution in [0.2, 0.25) is 10.0 Å². The van der Waals surface area contributed by atoms with Gasteiger partial charge in [0.2, 0.25) is 0 Å². The fourth-order valence-electron chi connectivity index (χ4n) is 1.89. The van der Waals surface area contributed by atoms with Crippen LogP contribution in [0.5, 0.6) is 0 Å². The number of carboxylic acid groups (broad SMARTS) is 1. The third-order valence-electron chi connectivity index (χ3n) is 2.83. The van der Waals surface area contributed by atoms with Crippen LogP contribution in [-0.2, 0) is 0 Å². The van der Waals surface area contributed by atoms with E-state index in [-0.39, 0.29) is 11.5 Å². The number of rotatable bonds is 3. The van der Waals surface area contributed by atoms with E-state index in [0.29, 0.717) is 21.4 Å². The molecule has 0 amide bonds. The number of carboxylic acids is 1. The van der Waals surface area contributed by atoms with Gasteiger partial charge in [0.25, 0.3) is 0 Å². The number of azo groups is 1. The van der Waals surface area contributed by atoms with Crippen LogP contribution < -0.4 is 0 Å². The summed E-state index contributed by atoms with van der Waals surface area (Å²) in [6, 6.07) is 9.96. The fourth-order valence-corrected chi connectivity index (χ4v) is 2.23. The van der Waals surface area contributed by atoms with Crippen molar-refractivity contribution in [2.75, 3.05) is 0 Å². The average Bonchev–Trinajstić information content (AvgIpc) is 2.83. The standard InChI is InChI=1S/C14H8Cl2N4O2/c15-8-2-1-3-10(6-8)18-19-13-12(14(21)22)17-11-5-4-9(16)7-20(11)13/h1-7H,(H,21,22). The van der Waals surface area contributed by atoms with Crippen molar-refractivity contribution in [1.29, 1.82) is 0 Å². The molecule has 0 aliphatic carbocycles. The van der Waals surface area contributed by atoms with Gasteiger partial charge in [-0.25, -0.2) is 9.78 Å². The Balaban J connectivity index is 2.14. The number of fused-ring (bicyclic) bond motifs is 1. The van der Waals surface area contributed by atoms with E-state index in [1.807, 2.05) is 0 Å². The number of imidazole rings is 1. The van der Waals surface area contributed by atoms with Gasteiger partial charge in [-0.15, -0.1) is 10.2 Å². The molecule has 1 aromatic carbocycles. The molecule has 0 saturated carbocycles. The molecule has 110 valence electrons. The van der Waals surface area contributed by atoms with Crippen LogP contribution in [0, 0.1) is 0 Å². The summed E-state index contributed by atoms with van der Waals surface area (Å²) in [5, 5.41) is 18.2. The Morgan fingerprint density at radius 2 is 1.95 bits per heavy atom. The van der Waals surface area contributed by atoms with Crippen molar-refractivity contribution in [3.63, 3.8) is 0 Å². The predicted octanol–water partition coefficient (Wildman–Crippen LogP) is 4.75. The Morgan fingerprint density at radius 1 is 1.14 bits per heavy atom. The molecule has 0 radical (unpaired) electrons. The monoisotopic (exact) mass is 334 g/mol. The highest BCUT2D eigenvalue weighted by Gasteiger charge is 2.18. The molecule has 22 heavy (non-hydrogen) atoms.